The lowest BCUT2D eigenvalue weighted by Crippen LogP contribution is -2.32. The average Bonchev–Trinajstić information content (AvgIpc) is 2.68. The third kappa shape index (κ3) is 2.65. The summed E-state index contributed by atoms with van der Waals surface area (Å²) in [6.07, 6.45) is -4.53. The number of imidazole rings is 1. The van der Waals surface area contributed by atoms with Gasteiger partial charge in [-0.2, -0.15) is 13.2 Å². The van der Waals surface area contributed by atoms with Crippen molar-refractivity contribution in [2.24, 2.45) is 0 Å². The first kappa shape index (κ1) is 13.7. The number of nitrogens with one attached hydrogen (secondary N) is 2. The molecule has 6 nitrogen and oxygen atoms in total. The Hall–Kier alpha value is -1.77. The second-order valence-corrected chi connectivity index (χ2v) is 4.38. The molecule has 2 N–H and O–H groups in total. The number of urea groups is 1. The normalized spacial score (nSPS) is 15.0. The second-order valence-electron chi connectivity index (χ2n) is 4.38. The molecule has 106 valence electrons. The van der Waals surface area contributed by atoms with Crippen molar-refractivity contribution in [3.63, 3.8) is 0 Å². The zero-order valence-corrected chi connectivity index (χ0v) is 10.5. The second kappa shape index (κ2) is 4.72. The number of hydrogen-bond donors (Lipinski definition) is 2. The van der Waals surface area contributed by atoms with Gasteiger partial charge >= 0.3 is 12.2 Å². The van der Waals surface area contributed by atoms with Crippen LogP contribution in [0.5, 0.6) is 0 Å². The quantitative estimate of drug-likeness (QED) is 0.808. The van der Waals surface area contributed by atoms with Gasteiger partial charge < -0.3 is 14.8 Å². The van der Waals surface area contributed by atoms with Crippen molar-refractivity contribution in [3.05, 3.63) is 11.5 Å². The predicted octanol–water partition coefficient (Wildman–Crippen LogP) is 1.10. The van der Waals surface area contributed by atoms with Gasteiger partial charge in [0.2, 0.25) is 5.82 Å². The van der Waals surface area contributed by atoms with E-state index in [9.17, 15) is 18.0 Å². The van der Waals surface area contributed by atoms with Crippen LogP contribution in [0.15, 0.2) is 0 Å². The molecule has 0 fully saturated rings. The Kier molecular flexibility index (Phi) is 3.40. The molecule has 0 atom stereocenters. The van der Waals surface area contributed by atoms with Crippen molar-refractivity contribution in [2.45, 2.75) is 19.3 Å². The van der Waals surface area contributed by atoms with Gasteiger partial charge in [-0.25, -0.2) is 9.78 Å². The number of carbonyl (C=O) groups excluding carboxylic acids is 1. The van der Waals surface area contributed by atoms with E-state index in [0.717, 1.165) is 4.57 Å². The number of aromatic nitrogens is 2. The highest BCUT2D eigenvalue weighted by molar-refractivity contribution is 5.88. The van der Waals surface area contributed by atoms with Gasteiger partial charge in [0.15, 0.2) is 5.82 Å². The maximum absolute atomic E-state index is 12.9. The largest absolute Gasteiger partial charge is 0.449 e. The molecule has 0 saturated carbocycles. The van der Waals surface area contributed by atoms with Crippen molar-refractivity contribution in [1.82, 2.24) is 19.8 Å². The Morgan fingerprint density at radius 1 is 1.47 bits per heavy atom. The summed E-state index contributed by atoms with van der Waals surface area (Å²) in [7, 11) is 3.00. The maximum Gasteiger partial charge on any atom is 0.449 e. The fourth-order valence-corrected chi connectivity index (χ4v) is 1.83. The molecule has 0 aliphatic carbocycles. The third-order valence-corrected chi connectivity index (χ3v) is 2.76. The molecule has 1 aromatic rings. The summed E-state index contributed by atoms with van der Waals surface area (Å²) in [6.45, 7) is 0.856. The molecule has 2 amide bonds. The number of nitrogens with zero attached hydrogens (tertiary/aromatic N) is 3. The molecule has 2 heterocycles. The molecular formula is C10H14F3N5O. The molecule has 0 aromatic carbocycles. The molecule has 9 heteroatoms. The Morgan fingerprint density at radius 3 is 2.74 bits per heavy atom. The summed E-state index contributed by atoms with van der Waals surface area (Å²) >= 11 is 0. The Balaban J connectivity index is 2.39. The van der Waals surface area contributed by atoms with Crippen LogP contribution in [0.3, 0.4) is 0 Å². The minimum Gasteiger partial charge on any atom is -0.331 e. The van der Waals surface area contributed by atoms with Gasteiger partial charge in [0.1, 0.15) is 0 Å². The number of amides is 2. The van der Waals surface area contributed by atoms with Crippen LogP contribution in [-0.4, -0.2) is 41.1 Å². The summed E-state index contributed by atoms with van der Waals surface area (Å²) in [5, 5.41) is 5.33. The minimum absolute atomic E-state index is 0.0433. The summed E-state index contributed by atoms with van der Waals surface area (Å²) in [5.74, 6) is -1.02. The van der Waals surface area contributed by atoms with Crippen LogP contribution in [0, 0.1) is 0 Å². The zero-order chi connectivity index (χ0) is 14.2. The SMILES string of the molecule is CN(C)C(=O)Nc1nc(C(F)(F)F)n2c1CNCC2. The molecule has 19 heavy (non-hydrogen) atoms. The fraction of sp³-hybridized carbons (Fsp3) is 0.600. The molecule has 1 aromatic heterocycles. The van der Waals surface area contributed by atoms with Crippen molar-refractivity contribution >= 4 is 11.8 Å². The van der Waals surface area contributed by atoms with Crippen molar-refractivity contribution < 1.29 is 18.0 Å². The molecule has 0 unspecified atom stereocenters. The predicted molar refractivity (Wildman–Crippen MR) is 61.6 cm³/mol. The number of anilines is 1. The van der Waals surface area contributed by atoms with E-state index < -0.39 is 18.0 Å². The molecule has 0 saturated heterocycles. The number of hydrogen-bond acceptors (Lipinski definition) is 3. The first-order chi connectivity index (χ1) is 8.80. The van der Waals surface area contributed by atoms with E-state index in [1.54, 1.807) is 0 Å². The number of halogens is 3. The van der Waals surface area contributed by atoms with Gasteiger partial charge in [-0.05, 0) is 0 Å². The molecule has 1 aliphatic rings. The minimum atomic E-state index is -4.53. The van der Waals surface area contributed by atoms with E-state index >= 15 is 0 Å². The lowest BCUT2D eigenvalue weighted by Gasteiger charge is -2.19. The lowest BCUT2D eigenvalue weighted by molar-refractivity contribution is -0.147. The van der Waals surface area contributed by atoms with Gasteiger partial charge in [0.25, 0.3) is 0 Å². The maximum atomic E-state index is 12.9. The topological polar surface area (TPSA) is 62.2 Å². The number of carbonyl (C=O) groups is 1. The molecule has 0 bridgehead atoms. The number of alkyl halides is 3. The van der Waals surface area contributed by atoms with E-state index in [4.69, 9.17) is 0 Å². The molecule has 0 spiro atoms. The zero-order valence-electron chi connectivity index (χ0n) is 10.5. The summed E-state index contributed by atoms with van der Waals surface area (Å²) in [5.41, 5.74) is 0.341. The fourth-order valence-electron chi connectivity index (χ4n) is 1.83. The highest BCUT2D eigenvalue weighted by atomic mass is 19.4. The molecule has 2 rings (SSSR count). The van der Waals surface area contributed by atoms with E-state index in [2.05, 4.69) is 15.6 Å². The van der Waals surface area contributed by atoms with E-state index in [-0.39, 0.29) is 18.9 Å². The Labute approximate surface area is 107 Å². The van der Waals surface area contributed by atoms with Crippen LogP contribution < -0.4 is 10.6 Å². The summed E-state index contributed by atoms with van der Waals surface area (Å²) in [6, 6.07) is -0.514. The smallest absolute Gasteiger partial charge is 0.331 e. The highest BCUT2D eigenvalue weighted by Gasteiger charge is 2.39. The number of rotatable bonds is 1. The monoisotopic (exact) mass is 277 g/mol. The summed E-state index contributed by atoms with van der Waals surface area (Å²) in [4.78, 5) is 16.3. The first-order valence-corrected chi connectivity index (χ1v) is 5.66. The molecule has 0 radical (unpaired) electrons. The van der Waals surface area contributed by atoms with Crippen LogP contribution in [-0.2, 0) is 19.3 Å². The average molecular weight is 277 g/mol. The van der Waals surface area contributed by atoms with Gasteiger partial charge in [-0.15, -0.1) is 0 Å². The van der Waals surface area contributed by atoms with Crippen LogP contribution in [0.2, 0.25) is 0 Å². The van der Waals surface area contributed by atoms with Gasteiger partial charge in [0, 0.05) is 33.7 Å². The third-order valence-electron chi connectivity index (χ3n) is 2.76. The molecular weight excluding hydrogens is 263 g/mol. The highest BCUT2D eigenvalue weighted by Crippen LogP contribution is 2.32. The van der Waals surface area contributed by atoms with Crippen LogP contribution in [0.4, 0.5) is 23.8 Å². The van der Waals surface area contributed by atoms with E-state index in [0.29, 0.717) is 12.2 Å². The van der Waals surface area contributed by atoms with E-state index in [1.807, 2.05) is 0 Å². The van der Waals surface area contributed by atoms with Gasteiger partial charge in [-0.3, -0.25) is 5.32 Å². The van der Waals surface area contributed by atoms with Crippen LogP contribution in [0.1, 0.15) is 11.5 Å². The van der Waals surface area contributed by atoms with Crippen molar-refractivity contribution in [3.8, 4) is 0 Å². The van der Waals surface area contributed by atoms with Gasteiger partial charge in [-0.1, -0.05) is 0 Å². The first-order valence-electron chi connectivity index (χ1n) is 5.66. The van der Waals surface area contributed by atoms with E-state index in [1.165, 1.54) is 19.0 Å². The standard InChI is InChI=1S/C10H14F3N5O/c1-17(2)9(19)16-7-6-5-14-3-4-18(6)8(15-7)10(11,12)13/h14H,3-5H2,1-2H3,(H,16,19). The summed E-state index contributed by atoms with van der Waals surface area (Å²) < 4.78 is 39.7. The lowest BCUT2D eigenvalue weighted by atomic mass is 10.3. The van der Waals surface area contributed by atoms with Gasteiger partial charge in [0.05, 0.1) is 5.69 Å². The Morgan fingerprint density at radius 2 is 2.16 bits per heavy atom. The Bertz CT molecular complexity index is 494. The van der Waals surface area contributed by atoms with Crippen molar-refractivity contribution in [2.75, 3.05) is 26.0 Å². The van der Waals surface area contributed by atoms with Crippen LogP contribution >= 0.6 is 0 Å². The van der Waals surface area contributed by atoms with Crippen molar-refractivity contribution in [1.29, 1.82) is 0 Å². The van der Waals surface area contributed by atoms with Crippen LogP contribution in [0.25, 0.3) is 0 Å². The molecule has 1 aliphatic heterocycles. The number of fused-ring (bicyclic) bond motifs is 1.